The molecule has 5 heteroatoms. The molecule has 0 aromatic rings. The fourth-order valence-corrected chi connectivity index (χ4v) is 2.49. The molecule has 0 radical (unpaired) electrons. The minimum atomic E-state index is 0.117. The van der Waals surface area contributed by atoms with Crippen LogP contribution in [-0.2, 0) is 9.53 Å². The fraction of sp³-hybridized carbons (Fsp3) is 0.923. The maximum atomic E-state index is 11.6. The fourth-order valence-electron chi connectivity index (χ4n) is 2.00. The van der Waals surface area contributed by atoms with E-state index in [-0.39, 0.29) is 5.91 Å². The van der Waals surface area contributed by atoms with E-state index in [4.69, 9.17) is 4.74 Å². The second kappa shape index (κ2) is 10.6. The molecule has 1 heterocycles. The lowest BCUT2D eigenvalue weighted by Gasteiger charge is -2.23. The van der Waals surface area contributed by atoms with Crippen molar-refractivity contribution in [2.45, 2.75) is 38.1 Å². The molecular weight excluding hydrogens is 248 g/mol. The summed E-state index contributed by atoms with van der Waals surface area (Å²) in [6.45, 7) is 2.93. The highest BCUT2D eigenvalue weighted by Crippen LogP contribution is 2.05. The van der Waals surface area contributed by atoms with E-state index in [0.29, 0.717) is 12.6 Å². The number of rotatable bonds is 9. The van der Waals surface area contributed by atoms with Crippen molar-refractivity contribution in [3.8, 4) is 0 Å². The first kappa shape index (κ1) is 15.8. The minimum absolute atomic E-state index is 0.117. The van der Waals surface area contributed by atoms with E-state index in [1.807, 2.05) is 11.8 Å². The summed E-state index contributed by atoms with van der Waals surface area (Å²) >= 11 is 1.89. The van der Waals surface area contributed by atoms with Gasteiger partial charge in [-0.15, -0.1) is 0 Å². The number of nitrogens with one attached hydrogen (secondary N) is 2. The average Bonchev–Trinajstić information content (AvgIpc) is 2.39. The van der Waals surface area contributed by atoms with E-state index in [9.17, 15) is 4.79 Å². The lowest BCUT2D eigenvalue weighted by atomic mass is 10.1. The Balaban J connectivity index is 1.90. The number of thioether (sulfide) groups is 1. The molecular formula is C13H26N2O2S. The lowest BCUT2D eigenvalue weighted by molar-refractivity contribution is -0.121. The number of amides is 1. The van der Waals surface area contributed by atoms with Gasteiger partial charge in [0.25, 0.3) is 0 Å². The summed E-state index contributed by atoms with van der Waals surface area (Å²) in [4.78, 5) is 11.6. The highest BCUT2D eigenvalue weighted by atomic mass is 32.2. The number of unbranched alkanes of at least 4 members (excludes halogenated alkanes) is 2. The highest BCUT2D eigenvalue weighted by molar-refractivity contribution is 7.98. The molecule has 4 nitrogen and oxygen atoms in total. The van der Waals surface area contributed by atoms with E-state index in [0.717, 1.165) is 39.0 Å². The summed E-state index contributed by atoms with van der Waals surface area (Å²) in [5.41, 5.74) is 0. The van der Waals surface area contributed by atoms with E-state index >= 15 is 0 Å². The smallest absolute Gasteiger partial charge is 0.234 e. The van der Waals surface area contributed by atoms with Gasteiger partial charge >= 0.3 is 0 Å². The van der Waals surface area contributed by atoms with Gasteiger partial charge in [-0.2, -0.15) is 11.8 Å². The molecule has 1 amide bonds. The normalized spacial score (nSPS) is 16.7. The molecule has 18 heavy (non-hydrogen) atoms. The molecule has 1 saturated heterocycles. The van der Waals surface area contributed by atoms with Gasteiger partial charge in [0.15, 0.2) is 0 Å². The SMILES string of the molecule is CSCCCCCNCC(=O)NC1CCOCC1. The zero-order chi connectivity index (χ0) is 13.1. The molecule has 1 aliphatic heterocycles. The van der Waals surface area contributed by atoms with Gasteiger partial charge < -0.3 is 15.4 Å². The van der Waals surface area contributed by atoms with Crippen LogP contribution in [0.5, 0.6) is 0 Å². The summed E-state index contributed by atoms with van der Waals surface area (Å²) in [5, 5.41) is 6.25. The molecule has 0 saturated carbocycles. The molecule has 1 aliphatic rings. The Kier molecular flexibility index (Phi) is 9.34. The molecule has 1 fully saturated rings. The van der Waals surface area contributed by atoms with Gasteiger partial charge in [0.1, 0.15) is 0 Å². The standard InChI is InChI=1S/C13H26N2O2S/c1-18-10-4-2-3-7-14-11-13(16)15-12-5-8-17-9-6-12/h12,14H,2-11H2,1H3,(H,15,16). The number of ether oxygens (including phenoxy) is 1. The Morgan fingerprint density at radius 3 is 2.78 bits per heavy atom. The summed E-state index contributed by atoms with van der Waals surface area (Å²) in [7, 11) is 0. The Bertz CT molecular complexity index is 221. The van der Waals surface area contributed by atoms with Gasteiger partial charge in [0.05, 0.1) is 6.54 Å². The van der Waals surface area contributed by atoms with E-state index in [2.05, 4.69) is 16.9 Å². The minimum Gasteiger partial charge on any atom is -0.381 e. The van der Waals surface area contributed by atoms with Crippen molar-refractivity contribution >= 4 is 17.7 Å². The first-order chi connectivity index (χ1) is 8.83. The van der Waals surface area contributed by atoms with E-state index in [1.54, 1.807) is 0 Å². The molecule has 0 atom stereocenters. The predicted molar refractivity (Wildman–Crippen MR) is 77.1 cm³/mol. The van der Waals surface area contributed by atoms with E-state index in [1.165, 1.54) is 18.6 Å². The van der Waals surface area contributed by atoms with Crippen molar-refractivity contribution in [2.24, 2.45) is 0 Å². The van der Waals surface area contributed by atoms with Crippen molar-refractivity contribution in [3.63, 3.8) is 0 Å². The summed E-state index contributed by atoms with van der Waals surface area (Å²) in [6.07, 6.45) is 7.71. The maximum absolute atomic E-state index is 11.6. The third kappa shape index (κ3) is 7.95. The summed E-state index contributed by atoms with van der Waals surface area (Å²) in [5.74, 6) is 1.36. The molecule has 0 aromatic heterocycles. The van der Waals surface area contributed by atoms with Crippen LogP contribution in [0.3, 0.4) is 0 Å². The number of hydrogen-bond donors (Lipinski definition) is 2. The Morgan fingerprint density at radius 1 is 1.28 bits per heavy atom. The number of hydrogen-bond acceptors (Lipinski definition) is 4. The molecule has 0 aliphatic carbocycles. The third-order valence-electron chi connectivity index (χ3n) is 3.07. The second-order valence-electron chi connectivity index (χ2n) is 4.68. The van der Waals surface area contributed by atoms with Gasteiger partial charge in [-0.1, -0.05) is 6.42 Å². The zero-order valence-corrected chi connectivity index (χ0v) is 12.2. The van der Waals surface area contributed by atoms with Crippen molar-refractivity contribution in [1.29, 1.82) is 0 Å². The Morgan fingerprint density at radius 2 is 2.06 bits per heavy atom. The quantitative estimate of drug-likeness (QED) is 0.624. The second-order valence-corrected chi connectivity index (χ2v) is 5.67. The molecule has 0 unspecified atom stereocenters. The Labute approximate surface area is 115 Å². The molecule has 0 aromatic carbocycles. The van der Waals surface area contributed by atoms with Crippen LogP contribution in [0, 0.1) is 0 Å². The van der Waals surface area contributed by atoms with Gasteiger partial charge in [-0.3, -0.25) is 4.79 Å². The van der Waals surface area contributed by atoms with Gasteiger partial charge in [0, 0.05) is 19.3 Å². The van der Waals surface area contributed by atoms with Crippen molar-refractivity contribution < 1.29 is 9.53 Å². The van der Waals surface area contributed by atoms with Crippen LogP contribution < -0.4 is 10.6 Å². The Hall–Kier alpha value is -0.260. The summed E-state index contributed by atoms with van der Waals surface area (Å²) in [6, 6.07) is 0.314. The largest absolute Gasteiger partial charge is 0.381 e. The van der Waals surface area contributed by atoms with Crippen LogP contribution in [0.15, 0.2) is 0 Å². The van der Waals surface area contributed by atoms with Crippen LogP contribution in [0.2, 0.25) is 0 Å². The predicted octanol–water partition coefficient (Wildman–Crippen LogP) is 1.40. The van der Waals surface area contributed by atoms with Crippen LogP contribution in [0.25, 0.3) is 0 Å². The van der Waals surface area contributed by atoms with Crippen LogP contribution in [0.4, 0.5) is 0 Å². The van der Waals surface area contributed by atoms with Gasteiger partial charge in [-0.05, 0) is 44.2 Å². The monoisotopic (exact) mass is 274 g/mol. The number of carbonyl (C=O) groups is 1. The van der Waals surface area contributed by atoms with Gasteiger partial charge in [0.2, 0.25) is 5.91 Å². The van der Waals surface area contributed by atoms with Gasteiger partial charge in [-0.25, -0.2) is 0 Å². The molecule has 0 spiro atoms. The molecule has 1 rings (SSSR count). The topological polar surface area (TPSA) is 50.4 Å². The van der Waals surface area contributed by atoms with Crippen LogP contribution >= 0.6 is 11.8 Å². The van der Waals surface area contributed by atoms with Crippen molar-refractivity contribution in [3.05, 3.63) is 0 Å². The van der Waals surface area contributed by atoms with Crippen LogP contribution in [-0.4, -0.2) is 50.3 Å². The molecule has 2 N–H and O–H groups in total. The number of carbonyl (C=O) groups excluding carboxylic acids is 1. The zero-order valence-electron chi connectivity index (χ0n) is 11.4. The summed E-state index contributed by atoms with van der Waals surface area (Å²) < 4.78 is 5.26. The average molecular weight is 274 g/mol. The van der Waals surface area contributed by atoms with Crippen LogP contribution in [0.1, 0.15) is 32.1 Å². The molecule has 106 valence electrons. The van der Waals surface area contributed by atoms with Crippen molar-refractivity contribution in [2.75, 3.05) is 38.3 Å². The van der Waals surface area contributed by atoms with E-state index < -0.39 is 0 Å². The maximum Gasteiger partial charge on any atom is 0.234 e. The third-order valence-corrected chi connectivity index (χ3v) is 3.77. The van der Waals surface area contributed by atoms with Crippen molar-refractivity contribution in [1.82, 2.24) is 10.6 Å². The molecule has 0 bridgehead atoms. The lowest BCUT2D eigenvalue weighted by Crippen LogP contribution is -2.43. The first-order valence-corrected chi connectivity index (χ1v) is 8.29. The first-order valence-electron chi connectivity index (χ1n) is 6.89. The highest BCUT2D eigenvalue weighted by Gasteiger charge is 2.15.